The first-order valence-electron chi connectivity index (χ1n) is 33.9. The maximum atomic E-state index is 14.6. The summed E-state index contributed by atoms with van der Waals surface area (Å²) in [6, 6.07) is -0.627. The van der Waals surface area contributed by atoms with Gasteiger partial charge in [-0.05, 0) is 184 Å². The van der Waals surface area contributed by atoms with Crippen molar-refractivity contribution in [2.45, 2.75) is 237 Å². The van der Waals surface area contributed by atoms with Crippen molar-refractivity contribution in [3.05, 3.63) is 36.4 Å². The molecule has 2 aromatic carbocycles. The lowest BCUT2D eigenvalue weighted by atomic mass is 9.99. The van der Waals surface area contributed by atoms with Gasteiger partial charge in [0, 0.05) is 30.6 Å². The second-order valence-corrected chi connectivity index (χ2v) is 28.2. The summed E-state index contributed by atoms with van der Waals surface area (Å²) >= 11 is 0. The second kappa shape index (κ2) is 44.2. The molecule has 21 N–H and O–H groups in total. The molecule has 0 radical (unpaired) electrons. The van der Waals surface area contributed by atoms with Gasteiger partial charge in [0.05, 0.1) is 4.90 Å². The van der Waals surface area contributed by atoms with Gasteiger partial charge in [0.25, 0.3) is 0 Å². The number of hydrogen-bond donors (Lipinski definition) is 15. The molecule has 9 amide bonds. The van der Waals surface area contributed by atoms with Crippen LogP contribution in [0.15, 0.2) is 41.3 Å². The minimum atomic E-state index is -4.35. The lowest BCUT2D eigenvalue weighted by Gasteiger charge is -2.29. The Balaban J connectivity index is 2.51. The minimum absolute atomic E-state index is 0.0343. The van der Waals surface area contributed by atoms with E-state index in [1.165, 1.54) is 6.07 Å². The molecule has 0 aliphatic carbocycles. The van der Waals surface area contributed by atoms with Crippen LogP contribution >= 0.6 is 0 Å². The fraction of sp³-hybridized carbons (Fsp3) is 0.712. The lowest BCUT2D eigenvalue weighted by Crippen LogP contribution is -2.60. The largest absolute Gasteiger partial charge is 0.377 e. The maximum absolute atomic E-state index is 14.6. The van der Waals surface area contributed by atoms with Crippen LogP contribution in [0.5, 0.6) is 0 Å². The Morgan fingerprint density at radius 2 is 0.617 bits per heavy atom. The smallest absolute Gasteiger partial charge is 0.243 e. The number of rotatable bonds is 49. The third-order valence-corrected chi connectivity index (χ3v) is 17.4. The third kappa shape index (κ3) is 30.5. The molecule has 28 heteroatoms. The number of benzene rings is 2. The molecular weight excluding hydrogens is 1220 g/mol. The van der Waals surface area contributed by atoms with Crippen LogP contribution in [-0.2, 0) is 53.2 Å². The molecular formula is C66H118N16O11S. The van der Waals surface area contributed by atoms with Gasteiger partial charge in [-0.1, -0.05) is 86.1 Å². The molecule has 0 unspecified atom stereocenters. The topological polar surface area (TPSA) is 455 Å². The number of carbonyl (C=O) groups excluding carboxylic acids is 9. The number of nitrogens with one attached hydrogen (secondary N) is 9. The summed E-state index contributed by atoms with van der Waals surface area (Å²) in [5, 5.41) is 23.5. The van der Waals surface area contributed by atoms with Crippen LogP contribution in [0, 0.1) is 23.7 Å². The van der Waals surface area contributed by atoms with Crippen molar-refractivity contribution in [2.24, 2.45) is 58.1 Å². The summed E-state index contributed by atoms with van der Waals surface area (Å²) in [7, 11) is -0.655. The van der Waals surface area contributed by atoms with Gasteiger partial charge < -0.3 is 81.8 Å². The molecule has 0 fully saturated rings. The SMILES string of the molecule is CC(C)C[C@H](NC(=O)[C@H](CCCCN)NC(=O)[C@H](CC(C)C)NC(=O)[C@H](CCCCN)NC(=O)[C@H](CC(C)C)NC(=O)[C@H](CCCCN)NC(=O)[C@H](CC(C)C)NC(=O)[C@H](CCCCN)NS(=O)(=O)c1cccc2c(N(C)C)cccc12)C(=O)N[C@@H](CCCCN)C(N)=O. The number of nitrogens with zero attached hydrogens (tertiary/aromatic N) is 1. The van der Waals surface area contributed by atoms with Crippen molar-refractivity contribution in [2.75, 3.05) is 51.7 Å². The lowest BCUT2D eigenvalue weighted by molar-refractivity contribution is -0.136. The van der Waals surface area contributed by atoms with Crippen molar-refractivity contribution in [3.63, 3.8) is 0 Å². The van der Waals surface area contributed by atoms with Gasteiger partial charge in [0.2, 0.25) is 63.2 Å². The number of amides is 9. The van der Waals surface area contributed by atoms with Crippen LogP contribution in [0.4, 0.5) is 5.69 Å². The minimum Gasteiger partial charge on any atom is -0.377 e. The average Bonchev–Trinajstić information content (AvgIpc) is 0.779. The zero-order valence-electron chi connectivity index (χ0n) is 57.8. The fourth-order valence-corrected chi connectivity index (χ4v) is 12.4. The van der Waals surface area contributed by atoms with Gasteiger partial charge in [-0.2, -0.15) is 4.72 Å². The molecule has 0 spiro atoms. The van der Waals surface area contributed by atoms with E-state index in [-0.39, 0.29) is 99.4 Å². The van der Waals surface area contributed by atoms with E-state index in [9.17, 15) is 51.6 Å². The molecule has 534 valence electrons. The molecule has 2 aromatic rings. The molecule has 94 heavy (non-hydrogen) atoms. The van der Waals surface area contributed by atoms with Crippen LogP contribution in [-0.4, -0.2) is 163 Å². The van der Waals surface area contributed by atoms with Crippen LogP contribution < -0.4 is 86.6 Å². The van der Waals surface area contributed by atoms with E-state index >= 15 is 0 Å². The highest BCUT2D eigenvalue weighted by Gasteiger charge is 2.37. The summed E-state index contributed by atoms with van der Waals surface area (Å²) in [5.41, 5.74) is 35.5. The van der Waals surface area contributed by atoms with Crippen LogP contribution in [0.25, 0.3) is 10.8 Å². The highest BCUT2D eigenvalue weighted by Crippen LogP contribution is 2.30. The summed E-state index contributed by atoms with van der Waals surface area (Å²) in [6.07, 6.45) is 5.72. The van der Waals surface area contributed by atoms with Crippen molar-refractivity contribution in [3.8, 4) is 0 Å². The standard InChI is InChI=1S/C66H118N16O11S/c1-41(2)37-52(63(88)73-47(58(72)83)25-11-16-32-67)77-59(84)48(26-12-17-33-68)74-64(89)53(38-42(3)4)78-60(85)49(27-13-18-34-69)75-65(90)54(39-43(5)6)79-61(86)50(28-14-19-35-70)76-66(91)55(40-44(7)8)80-62(87)51(29-15-20-36-71)81-94(92,93)57-31-22-23-45-46(57)24-21-30-56(45)82(9)10/h21-24,30-31,41-44,47-55,81H,11-20,25-29,32-40,67-71H2,1-10H3,(H2,72,83)(H,73,88)(H,74,89)(H,75,90)(H,76,91)(H,77,84)(H,78,85)(H,79,86)(H,80,87)/t47-,48-,49-,50-,51-,52-,53-,54-,55-/m0/s1. The van der Waals surface area contributed by atoms with Crippen molar-refractivity contribution >= 4 is 79.6 Å². The Hall–Kier alpha value is -6.56. The van der Waals surface area contributed by atoms with Crippen LogP contribution in [0.3, 0.4) is 0 Å². The predicted octanol–water partition coefficient (Wildman–Crippen LogP) is 1.75. The first kappa shape index (κ1) is 83.5. The van der Waals surface area contributed by atoms with E-state index in [1.54, 1.807) is 18.2 Å². The predicted molar refractivity (Wildman–Crippen MR) is 369 cm³/mol. The normalized spacial score (nSPS) is 14.6. The van der Waals surface area contributed by atoms with Crippen molar-refractivity contribution < 1.29 is 51.6 Å². The van der Waals surface area contributed by atoms with E-state index in [2.05, 4.69) is 47.3 Å². The Labute approximate surface area is 559 Å². The first-order chi connectivity index (χ1) is 44.4. The quantitative estimate of drug-likeness (QED) is 0.0420. The van der Waals surface area contributed by atoms with Gasteiger partial charge in [0.1, 0.15) is 54.4 Å². The summed E-state index contributed by atoms with van der Waals surface area (Å²) < 4.78 is 31.2. The van der Waals surface area contributed by atoms with E-state index in [0.29, 0.717) is 94.6 Å². The summed E-state index contributed by atoms with van der Waals surface area (Å²) in [6.45, 7) is 16.3. The van der Waals surface area contributed by atoms with Gasteiger partial charge in [-0.25, -0.2) is 8.42 Å². The van der Waals surface area contributed by atoms with E-state index in [0.717, 1.165) is 5.69 Å². The van der Waals surface area contributed by atoms with Crippen molar-refractivity contribution in [1.82, 2.24) is 47.3 Å². The Morgan fingerprint density at radius 3 is 0.915 bits per heavy atom. The highest BCUT2D eigenvalue weighted by atomic mass is 32.2. The number of nitrogens with two attached hydrogens (primary N) is 6. The Kier molecular flexibility index (Phi) is 39.3. The zero-order valence-corrected chi connectivity index (χ0v) is 58.6. The molecule has 0 aromatic heterocycles. The second-order valence-electron chi connectivity index (χ2n) is 26.5. The highest BCUT2D eigenvalue weighted by molar-refractivity contribution is 7.89. The number of sulfonamides is 1. The molecule has 2 rings (SSSR count). The number of unbranched alkanes of at least 4 members (excludes halogenated alkanes) is 5. The Bertz CT molecular complexity index is 2810. The zero-order chi connectivity index (χ0) is 70.7. The molecule has 0 saturated carbocycles. The number of primary amides is 1. The van der Waals surface area contributed by atoms with Crippen LogP contribution in [0.2, 0.25) is 0 Å². The van der Waals surface area contributed by atoms with Gasteiger partial charge in [-0.15, -0.1) is 0 Å². The maximum Gasteiger partial charge on any atom is 0.243 e. The van der Waals surface area contributed by atoms with Gasteiger partial charge in [-0.3, -0.25) is 43.2 Å². The average molecular weight is 1340 g/mol. The van der Waals surface area contributed by atoms with Crippen molar-refractivity contribution in [1.29, 1.82) is 0 Å². The molecule has 27 nitrogen and oxygen atoms in total. The monoisotopic (exact) mass is 1340 g/mol. The fourth-order valence-electron chi connectivity index (χ4n) is 10.9. The van der Waals surface area contributed by atoms with Crippen LogP contribution in [0.1, 0.15) is 177 Å². The number of fused-ring (bicyclic) bond motifs is 1. The molecule has 0 aliphatic rings. The Morgan fingerprint density at radius 1 is 0.362 bits per heavy atom. The van der Waals surface area contributed by atoms with E-state index in [1.807, 2.05) is 86.5 Å². The number of carbonyl (C=O) groups is 9. The summed E-state index contributed by atoms with van der Waals surface area (Å²) in [5.74, 6) is -7.03. The van der Waals surface area contributed by atoms with E-state index in [4.69, 9.17) is 34.4 Å². The van der Waals surface area contributed by atoms with E-state index < -0.39 is 118 Å². The number of hydrogen-bond acceptors (Lipinski definition) is 17. The molecule has 0 aliphatic heterocycles. The number of anilines is 1. The first-order valence-corrected chi connectivity index (χ1v) is 35.4. The third-order valence-electron chi connectivity index (χ3n) is 15.9. The molecule has 0 heterocycles. The molecule has 0 bridgehead atoms. The molecule has 0 saturated heterocycles. The summed E-state index contributed by atoms with van der Waals surface area (Å²) in [4.78, 5) is 129. The van der Waals surface area contributed by atoms with Gasteiger partial charge >= 0.3 is 0 Å². The molecule has 9 atom stereocenters. The van der Waals surface area contributed by atoms with Gasteiger partial charge in [0.15, 0.2) is 0 Å².